The van der Waals surface area contributed by atoms with Crippen LogP contribution in [0.2, 0.25) is 0 Å². The number of carbonyl (C=O) groups is 2. The third-order valence-corrected chi connectivity index (χ3v) is 5.34. The van der Waals surface area contributed by atoms with Gasteiger partial charge in [-0.2, -0.15) is 5.26 Å². The summed E-state index contributed by atoms with van der Waals surface area (Å²) in [5, 5.41) is 21.2. The van der Waals surface area contributed by atoms with Gasteiger partial charge in [0.25, 0.3) is 5.91 Å². The second kappa shape index (κ2) is 11.2. The molecule has 0 saturated carbocycles. The fraction of sp³-hybridized carbons (Fsp3) is 0.0800. The molecule has 0 bridgehead atoms. The molecule has 166 valence electrons. The number of halogens is 1. The van der Waals surface area contributed by atoms with Crippen molar-refractivity contribution in [1.82, 2.24) is 0 Å². The molecule has 7 nitrogen and oxygen atoms in total. The van der Waals surface area contributed by atoms with Gasteiger partial charge in [0.05, 0.1) is 16.2 Å². The van der Waals surface area contributed by atoms with E-state index in [-0.39, 0.29) is 17.7 Å². The molecule has 0 fully saturated rings. The predicted octanol–water partition coefficient (Wildman–Crippen LogP) is 5.12. The molecule has 0 saturated heterocycles. The number of carboxylic acid groups (broad SMARTS) is 1. The van der Waals surface area contributed by atoms with Crippen molar-refractivity contribution in [3.8, 4) is 17.6 Å². The van der Waals surface area contributed by atoms with Crippen LogP contribution in [0.1, 0.15) is 21.5 Å². The Morgan fingerprint density at radius 3 is 2.42 bits per heavy atom. The zero-order valence-corrected chi connectivity index (χ0v) is 19.7. The summed E-state index contributed by atoms with van der Waals surface area (Å²) in [5.41, 5.74) is 2.15. The Labute approximate surface area is 204 Å². The fourth-order valence-electron chi connectivity index (χ4n) is 2.90. The summed E-state index contributed by atoms with van der Waals surface area (Å²) in [5.74, 6) is -0.555. The summed E-state index contributed by atoms with van der Waals surface area (Å²) in [6.07, 6.45) is 1.48. The van der Waals surface area contributed by atoms with E-state index in [4.69, 9.17) is 14.6 Å². The van der Waals surface area contributed by atoms with Crippen molar-refractivity contribution in [3.63, 3.8) is 0 Å². The first kappa shape index (κ1) is 23.8. The van der Waals surface area contributed by atoms with E-state index < -0.39 is 11.9 Å². The number of ether oxygens (including phenoxy) is 2. The smallest absolute Gasteiger partial charge is 0.335 e. The standard InChI is InChI=1S/C25H19IN2O5/c1-32-22-13-17(11-19(14-27)24(29)28-20-5-3-2-4-6-20)12-21(26)23(22)33-15-16-7-9-18(10-8-16)25(30)31/h2-13H,15H2,1H3,(H,28,29)(H,30,31)/b19-11-. The number of hydrogen-bond donors (Lipinski definition) is 2. The lowest BCUT2D eigenvalue weighted by molar-refractivity contribution is -0.112. The molecule has 0 heterocycles. The first-order chi connectivity index (χ1) is 15.9. The van der Waals surface area contributed by atoms with Gasteiger partial charge in [0, 0.05) is 5.69 Å². The lowest BCUT2D eigenvalue weighted by atomic mass is 10.1. The number of anilines is 1. The van der Waals surface area contributed by atoms with E-state index in [9.17, 15) is 14.9 Å². The van der Waals surface area contributed by atoms with E-state index in [0.29, 0.717) is 22.7 Å². The average Bonchev–Trinajstić information content (AvgIpc) is 2.82. The molecule has 3 aromatic rings. The van der Waals surface area contributed by atoms with E-state index in [1.165, 1.54) is 25.3 Å². The topological polar surface area (TPSA) is 109 Å². The molecule has 0 aliphatic carbocycles. The Morgan fingerprint density at radius 2 is 1.82 bits per heavy atom. The quantitative estimate of drug-likeness (QED) is 0.227. The van der Waals surface area contributed by atoms with Crippen LogP contribution in [0.25, 0.3) is 6.08 Å². The lowest BCUT2D eigenvalue weighted by Crippen LogP contribution is -2.13. The highest BCUT2D eigenvalue weighted by molar-refractivity contribution is 14.1. The molecule has 0 spiro atoms. The van der Waals surface area contributed by atoms with Crippen molar-refractivity contribution < 1.29 is 24.2 Å². The van der Waals surface area contributed by atoms with Gasteiger partial charge in [-0.25, -0.2) is 4.79 Å². The van der Waals surface area contributed by atoms with E-state index in [0.717, 1.165) is 9.13 Å². The second-order valence-corrected chi connectivity index (χ2v) is 7.98. The molecule has 0 aromatic heterocycles. The van der Waals surface area contributed by atoms with Crippen LogP contribution in [0.4, 0.5) is 5.69 Å². The first-order valence-electron chi connectivity index (χ1n) is 9.72. The number of hydrogen-bond acceptors (Lipinski definition) is 5. The van der Waals surface area contributed by atoms with Crippen LogP contribution < -0.4 is 14.8 Å². The minimum absolute atomic E-state index is 0.0519. The van der Waals surface area contributed by atoms with Crippen molar-refractivity contribution in [3.05, 3.63) is 92.6 Å². The maximum Gasteiger partial charge on any atom is 0.335 e. The van der Waals surface area contributed by atoms with Crippen LogP contribution in [-0.4, -0.2) is 24.1 Å². The third kappa shape index (κ3) is 6.33. The molecular formula is C25H19IN2O5. The number of nitrogens with one attached hydrogen (secondary N) is 1. The van der Waals surface area contributed by atoms with Gasteiger partial charge in [0.1, 0.15) is 18.2 Å². The molecular weight excluding hydrogens is 535 g/mol. The molecule has 33 heavy (non-hydrogen) atoms. The molecule has 0 aliphatic rings. The van der Waals surface area contributed by atoms with Gasteiger partial charge in [0.2, 0.25) is 0 Å². The van der Waals surface area contributed by atoms with Gasteiger partial charge in [-0.15, -0.1) is 0 Å². The lowest BCUT2D eigenvalue weighted by Gasteiger charge is -2.14. The molecule has 2 N–H and O–H groups in total. The normalized spacial score (nSPS) is 10.8. The minimum Gasteiger partial charge on any atom is -0.493 e. The van der Waals surface area contributed by atoms with Crippen molar-refractivity contribution in [2.45, 2.75) is 6.61 Å². The van der Waals surface area contributed by atoms with Crippen LogP contribution in [0, 0.1) is 14.9 Å². The molecule has 0 atom stereocenters. The summed E-state index contributed by atoms with van der Waals surface area (Å²) in [6, 6.07) is 20.7. The van der Waals surface area contributed by atoms with Crippen LogP contribution >= 0.6 is 22.6 Å². The molecule has 1 amide bonds. The van der Waals surface area contributed by atoms with Crippen LogP contribution in [0.5, 0.6) is 11.5 Å². The Bertz CT molecular complexity index is 1230. The van der Waals surface area contributed by atoms with Gasteiger partial charge in [-0.05, 0) is 76.2 Å². The highest BCUT2D eigenvalue weighted by Gasteiger charge is 2.14. The summed E-state index contributed by atoms with van der Waals surface area (Å²) in [7, 11) is 1.50. The van der Waals surface area contributed by atoms with Crippen molar-refractivity contribution >= 4 is 46.2 Å². The fourth-order valence-corrected chi connectivity index (χ4v) is 3.68. The molecule has 3 aromatic carbocycles. The average molecular weight is 554 g/mol. The maximum absolute atomic E-state index is 12.5. The van der Waals surface area contributed by atoms with Crippen molar-refractivity contribution in [1.29, 1.82) is 5.26 Å². The second-order valence-electron chi connectivity index (χ2n) is 6.81. The van der Waals surface area contributed by atoms with Crippen LogP contribution in [0.15, 0.2) is 72.3 Å². The number of methoxy groups -OCH3 is 1. The Kier molecular flexibility index (Phi) is 8.05. The number of carbonyl (C=O) groups excluding carboxylic acids is 1. The Morgan fingerprint density at radius 1 is 1.12 bits per heavy atom. The number of amides is 1. The molecule has 8 heteroatoms. The number of benzene rings is 3. The first-order valence-corrected chi connectivity index (χ1v) is 10.8. The summed E-state index contributed by atoms with van der Waals surface area (Å²) in [4.78, 5) is 23.5. The monoisotopic (exact) mass is 554 g/mol. The SMILES string of the molecule is COc1cc(/C=C(/C#N)C(=O)Nc2ccccc2)cc(I)c1OCc1ccc(C(=O)O)cc1. The van der Waals surface area contributed by atoms with E-state index in [1.807, 2.05) is 12.1 Å². The summed E-state index contributed by atoms with van der Waals surface area (Å²) in [6.45, 7) is 0.213. The van der Waals surface area contributed by atoms with Gasteiger partial charge in [-0.1, -0.05) is 30.3 Å². The van der Waals surface area contributed by atoms with E-state index in [2.05, 4.69) is 27.9 Å². The molecule has 0 radical (unpaired) electrons. The summed E-state index contributed by atoms with van der Waals surface area (Å²) >= 11 is 2.09. The van der Waals surface area contributed by atoms with E-state index >= 15 is 0 Å². The number of aromatic carboxylic acids is 1. The van der Waals surface area contributed by atoms with Gasteiger partial charge >= 0.3 is 5.97 Å². The number of nitrogens with zero attached hydrogens (tertiary/aromatic N) is 1. The zero-order valence-electron chi connectivity index (χ0n) is 17.5. The number of carboxylic acids is 1. The van der Waals surface area contributed by atoms with Gasteiger partial charge in [0.15, 0.2) is 11.5 Å². The highest BCUT2D eigenvalue weighted by atomic mass is 127. The summed E-state index contributed by atoms with van der Waals surface area (Å²) < 4.78 is 12.1. The van der Waals surface area contributed by atoms with Crippen molar-refractivity contribution in [2.75, 3.05) is 12.4 Å². The van der Waals surface area contributed by atoms with Crippen molar-refractivity contribution in [2.24, 2.45) is 0 Å². The van der Waals surface area contributed by atoms with Crippen LogP contribution in [-0.2, 0) is 11.4 Å². The zero-order chi connectivity index (χ0) is 23.8. The number of rotatable bonds is 8. The highest BCUT2D eigenvalue weighted by Crippen LogP contribution is 2.35. The Hall–Kier alpha value is -3.84. The van der Waals surface area contributed by atoms with Gasteiger partial charge < -0.3 is 19.9 Å². The predicted molar refractivity (Wildman–Crippen MR) is 132 cm³/mol. The number of para-hydroxylation sites is 1. The van der Waals surface area contributed by atoms with Gasteiger partial charge in [-0.3, -0.25) is 4.79 Å². The number of nitriles is 1. The van der Waals surface area contributed by atoms with Crippen LogP contribution in [0.3, 0.4) is 0 Å². The maximum atomic E-state index is 12.5. The largest absolute Gasteiger partial charge is 0.493 e. The Balaban J connectivity index is 1.79. The van der Waals surface area contributed by atoms with E-state index in [1.54, 1.807) is 48.5 Å². The minimum atomic E-state index is -0.989. The molecule has 0 unspecified atom stereocenters. The molecule has 0 aliphatic heterocycles. The molecule has 3 rings (SSSR count). The third-order valence-electron chi connectivity index (χ3n) is 4.54.